The Labute approximate surface area is 155 Å². The number of fused-ring (bicyclic) bond motifs is 1. The van der Waals surface area contributed by atoms with Crippen LogP contribution in [0.2, 0.25) is 0 Å². The highest BCUT2D eigenvalue weighted by molar-refractivity contribution is 5.90. The van der Waals surface area contributed by atoms with Crippen LogP contribution in [-0.4, -0.2) is 31.9 Å². The highest BCUT2D eigenvalue weighted by Crippen LogP contribution is 2.28. The Morgan fingerprint density at radius 1 is 1.11 bits per heavy atom. The van der Waals surface area contributed by atoms with Crippen LogP contribution in [-0.2, 0) is 0 Å². The van der Waals surface area contributed by atoms with Crippen LogP contribution in [0.15, 0.2) is 54.6 Å². The lowest BCUT2D eigenvalue weighted by Crippen LogP contribution is -2.12. The van der Waals surface area contributed by atoms with Crippen molar-refractivity contribution in [3.8, 4) is 0 Å². The Bertz CT molecular complexity index is 1080. The molecule has 0 radical (unpaired) electrons. The maximum atomic E-state index is 13.3. The molecule has 2 aromatic heterocycles. The van der Waals surface area contributed by atoms with Crippen LogP contribution in [0.25, 0.3) is 10.9 Å². The summed E-state index contributed by atoms with van der Waals surface area (Å²) >= 11 is 0. The summed E-state index contributed by atoms with van der Waals surface area (Å²) < 4.78 is 13.3. The molecule has 0 aliphatic rings. The summed E-state index contributed by atoms with van der Waals surface area (Å²) in [7, 11) is 0. The van der Waals surface area contributed by atoms with E-state index in [9.17, 15) is 9.50 Å². The van der Waals surface area contributed by atoms with E-state index < -0.39 is 5.92 Å². The summed E-state index contributed by atoms with van der Waals surface area (Å²) in [6.07, 6.45) is 0. The third-order valence-corrected chi connectivity index (χ3v) is 4.34. The minimum absolute atomic E-state index is 0.190. The van der Waals surface area contributed by atoms with Crippen LogP contribution in [0.5, 0.6) is 0 Å². The Hall–Kier alpha value is -3.32. The van der Waals surface area contributed by atoms with Gasteiger partial charge in [-0.1, -0.05) is 24.3 Å². The Morgan fingerprint density at radius 3 is 2.59 bits per heavy atom. The number of anilines is 2. The number of halogens is 1. The summed E-state index contributed by atoms with van der Waals surface area (Å²) in [5, 5.41) is 21.1. The van der Waals surface area contributed by atoms with Crippen LogP contribution in [0.3, 0.4) is 0 Å². The second-order valence-electron chi connectivity index (χ2n) is 6.30. The number of H-pyrrole nitrogens is 1. The minimum Gasteiger partial charge on any atom is -0.395 e. The standard InChI is InChI=1S/C20H18FN5O/c1-12-10-18(26-25-12)23-19-15-4-2-3-5-17(15)22-20(24-19)16(11-27)13-6-8-14(21)9-7-13/h2-10,16,27H,11H2,1H3,(H2,22,23,24,25,26). The topological polar surface area (TPSA) is 86.7 Å². The molecule has 27 heavy (non-hydrogen) atoms. The maximum Gasteiger partial charge on any atom is 0.153 e. The highest BCUT2D eigenvalue weighted by atomic mass is 19.1. The van der Waals surface area contributed by atoms with Crippen LogP contribution in [0.1, 0.15) is 23.0 Å². The van der Waals surface area contributed by atoms with Gasteiger partial charge in [0.05, 0.1) is 18.0 Å². The maximum absolute atomic E-state index is 13.3. The molecule has 0 amide bonds. The average Bonchev–Trinajstić information content (AvgIpc) is 3.09. The number of benzene rings is 2. The number of para-hydroxylation sites is 1. The molecular formula is C20H18FN5O. The van der Waals surface area contributed by atoms with E-state index >= 15 is 0 Å². The van der Waals surface area contributed by atoms with E-state index in [0.717, 1.165) is 22.2 Å². The quantitative estimate of drug-likeness (QED) is 0.504. The lowest BCUT2D eigenvalue weighted by atomic mass is 9.99. The summed E-state index contributed by atoms with van der Waals surface area (Å²) in [6.45, 7) is 1.73. The Kier molecular flexibility index (Phi) is 4.52. The van der Waals surface area contributed by atoms with Gasteiger partial charge < -0.3 is 10.4 Å². The molecule has 2 heterocycles. The fourth-order valence-corrected chi connectivity index (χ4v) is 2.98. The largest absolute Gasteiger partial charge is 0.395 e. The summed E-state index contributed by atoms with van der Waals surface area (Å²) in [6, 6.07) is 15.5. The molecule has 0 aliphatic carbocycles. The van der Waals surface area contributed by atoms with Crippen LogP contribution in [0, 0.1) is 12.7 Å². The first-order valence-electron chi connectivity index (χ1n) is 8.56. The van der Waals surface area contributed by atoms with Crippen LogP contribution < -0.4 is 5.32 Å². The fourth-order valence-electron chi connectivity index (χ4n) is 2.98. The molecule has 7 heteroatoms. The first kappa shape index (κ1) is 17.1. The summed E-state index contributed by atoms with van der Waals surface area (Å²) in [5.41, 5.74) is 2.42. The number of nitrogens with zero attached hydrogens (tertiary/aromatic N) is 3. The molecule has 4 rings (SSSR count). The number of rotatable bonds is 5. The first-order chi connectivity index (χ1) is 13.1. The van der Waals surface area contributed by atoms with Gasteiger partial charge in [0.15, 0.2) is 5.82 Å². The van der Waals surface area contributed by atoms with Gasteiger partial charge in [-0.2, -0.15) is 5.10 Å². The summed E-state index contributed by atoms with van der Waals surface area (Å²) in [5.74, 6) is 0.910. The number of aliphatic hydroxyl groups excluding tert-OH is 1. The van der Waals surface area contributed by atoms with Crippen molar-refractivity contribution < 1.29 is 9.50 Å². The molecule has 2 aromatic carbocycles. The van der Waals surface area contributed by atoms with Gasteiger partial charge in [0.25, 0.3) is 0 Å². The van der Waals surface area contributed by atoms with Crippen molar-refractivity contribution in [2.24, 2.45) is 0 Å². The Balaban J connectivity index is 1.81. The average molecular weight is 363 g/mol. The molecule has 0 saturated heterocycles. The number of aromatic nitrogens is 4. The molecule has 3 N–H and O–H groups in total. The van der Waals surface area contributed by atoms with Gasteiger partial charge in [-0.15, -0.1) is 0 Å². The lowest BCUT2D eigenvalue weighted by Gasteiger charge is -2.16. The molecule has 6 nitrogen and oxygen atoms in total. The molecule has 0 bridgehead atoms. The monoisotopic (exact) mass is 363 g/mol. The predicted molar refractivity (Wildman–Crippen MR) is 101 cm³/mol. The third-order valence-electron chi connectivity index (χ3n) is 4.34. The van der Waals surface area contributed by atoms with Crippen molar-refractivity contribution in [3.63, 3.8) is 0 Å². The second-order valence-corrected chi connectivity index (χ2v) is 6.30. The molecule has 0 saturated carbocycles. The van der Waals surface area contributed by atoms with Gasteiger partial charge in [0.2, 0.25) is 0 Å². The molecular weight excluding hydrogens is 345 g/mol. The zero-order valence-corrected chi connectivity index (χ0v) is 14.6. The zero-order valence-electron chi connectivity index (χ0n) is 14.6. The molecule has 1 unspecified atom stereocenters. The third kappa shape index (κ3) is 3.50. The van der Waals surface area contributed by atoms with Crippen molar-refractivity contribution in [2.45, 2.75) is 12.8 Å². The van der Waals surface area contributed by atoms with E-state index in [0.29, 0.717) is 17.5 Å². The fraction of sp³-hybridized carbons (Fsp3) is 0.150. The predicted octanol–water partition coefficient (Wildman–Crippen LogP) is 3.67. The zero-order chi connectivity index (χ0) is 18.8. The van der Waals surface area contributed by atoms with Crippen LogP contribution in [0.4, 0.5) is 16.0 Å². The molecule has 0 spiro atoms. The van der Waals surface area contributed by atoms with E-state index in [4.69, 9.17) is 0 Å². The van der Waals surface area contributed by atoms with E-state index in [-0.39, 0.29) is 12.4 Å². The Morgan fingerprint density at radius 2 is 1.89 bits per heavy atom. The van der Waals surface area contributed by atoms with Crippen molar-refractivity contribution >= 4 is 22.5 Å². The van der Waals surface area contributed by atoms with Gasteiger partial charge in [-0.05, 0) is 36.8 Å². The van der Waals surface area contributed by atoms with Gasteiger partial charge in [-0.25, -0.2) is 14.4 Å². The molecule has 0 aliphatic heterocycles. The van der Waals surface area contributed by atoms with Crippen molar-refractivity contribution in [1.82, 2.24) is 20.2 Å². The number of nitrogens with one attached hydrogen (secondary N) is 2. The lowest BCUT2D eigenvalue weighted by molar-refractivity contribution is 0.277. The normalized spacial score (nSPS) is 12.3. The number of aryl methyl sites for hydroxylation is 1. The number of aromatic amines is 1. The molecule has 4 aromatic rings. The van der Waals surface area contributed by atoms with Crippen LogP contribution >= 0.6 is 0 Å². The van der Waals surface area contributed by atoms with E-state index in [1.807, 2.05) is 37.3 Å². The van der Waals surface area contributed by atoms with E-state index in [1.54, 1.807) is 12.1 Å². The molecule has 136 valence electrons. The second kappa shape index (κ2) is 7.13. The summed E-state index contributed by atoms with van der Waals surface area (Å²) in [4.78, 5) is 9.27. The number of hydrogen-bond donors (Lipinski definition) is 3. The van der Waals surface area contributed by atoms with Gasteiger partial charge in [-0.3, -0.25) is 5.10 Å². The highest BCUT2D eigenvalue weighted by Gasteiger charge is 2.19. The SMILES string of the molecule is Cc1cc(Nc2nc(C(CO)c3ccc(F)cc3)nc3ccccc23)n[nH]1. The van der Waals surface area contributed by atoms with E-state index in [1.165, 1.54) is 12.1 Å². The van der Waals surface area contributed by atoms with Crippen molar-refractivity contribution in [1.29, 1.82) is 0 Å². The molecule has 1 atom stereocenters. The van der Waals surface area contributed by atoms with Crippen molar-refractivity contribution in [2.75, 3.05) is 11.9 Å². The number of aliphatic hydroxyl groups is 1. The van der Waals surface area contributed by atoms with Crippen molar-refractivity contribution in [3.05, 3.63) is 77.5 Å². The van der Waals surface area contributed by atoms with E-state index in [2.05, 4.69) is 25.5 Å². The molecule has 0 fully saturated rings. The number of hydrogen-bond acceptors (Lipinski definition) is 5. The first-order valence-corrected chi connectivity index (χ1v) is 8.56. The van der Waals surface area contributed by atoms with Gasteiger partial charge >= 0.3 is 0 Å². The van der Waals surface area contributed by atoms with Gasteiger partial charge in [0, 0.05) is 17.1 Å². The van der Waals surface area contributed by atoms with Gasteiger partial charge in [0.1, 0.15) is 17.5 Å². The smallest absolute Gasteiger partial charge is 0.153 e. The minimum atomic E-state index is -0.461.